The average Bonchev–Trinajstić information content (AvgIpc) is 2.56. The maximum absolute atomic E-state index is 13.4. The summed E-state index contributed by atoms with van der Waals surface area (Å²) in [5.74, 6) is -11.6. The van der Waals surface area contributed by atoms with E-state index >= 15 is 0 Å². The second kappa shape index (κ2) is 9.45. The first-order valence-electron chi connectivity index (χ1n) is 7.71. The third-order valence-electron chi connectivity index (χ3n) is 3.81. The lowest BCUT2D eigenvalue weighted by molar-refractivity contribution is -0.295. The van der Waals surface area contributed by atoms with Crippen molar-refractivity contribution in [2.45, 2.75) is 57.3 Å². The number of unbranched alkanes of at least 4 members (excludes halogenated alkanes) is 5. The van der Waals surface area contributed by atoms with E-state index in [0.29, 0.717) is 25.7 Å². The van der Waals surface area contributed by atoms with Gasteiger partial charge < -0.3 is 14.6 Å². The van der Waals surface area contributed by atoms with Crippen LogP contribution in [0.15, 0.2) is 0 Å². The van der Waals surface area contributed by atoms with Crippen molar-refractivity contribution in [1.29, 1.82) is 0 Å². The van der Waals surface area contributed by atoms with Gasteiger partial charge in [0.25, 0.3) is 5.97 Å². The third-order valence-corrected chi connectivity index (χ3v) is 4.46. The Bertz CT molecular complexity index is 525. The van der Waals surface area contributed by atoms with Gasteiger partial charge in [0.2, 0.25) is 5.82 Å². The van der Waals surface area contributed by atoms with Crippen LogP contribution < -0.4 is 0 Å². The zero-order valence-corrected chi connectivity index (χ0v) is 15.3. The molecule has 0 saturated carbocycles. The molecule has 24 heavy (non-hydrogen) atoms. The second-order valence-electron chi connectivity index (χ2n) is 5.62. The number of rotatable bonds is 10. The molecule has 0 unspecified atom stereocenters. The smallest absolute Gasteiger partial charge is 0.267 e. The predicted molar refractivity (Wildman–Crippen MR) is 80.4 cm³/mol. The van der Waals surface area contributed by atoms with Crippen LogP contribution in [0, 0.1) is 29.1 Å². The molecule has 0 bridgehead atoms. The van der Waals surface area contributed by atoms with Gasteiger partial charge >= 0.3 is 0 Å². The molecule has 0 fully saturated rings. The molecular weight excluding hydrogens is 351 g/mol. The van der Waals surface area contributed by atoms with Crippen LogP contribution in [0.1, 0.15) is 50.5 Å². The maximum atomic E-state index is 13.4. The van der Waals surface area contributed by atoms with Gasteiger partial charge in [-0.25, -0.2) is 22.0 Å². The Morgan fingerprint density at radius 1 is 0.708 bits per heavy atom. The van der Waals surface area contributed by atoms with Crippen molar-refractivity contribution >= 4 is 10.5 Å². The van der Waals surface area contributed by atoms with E-state index in [9.17, 15) is 32.2 Å². The highest BCUT2D eigenvalue weighted by molar-refractivity contribution is 5.98. The summed E-state index contributed by atoms with van der Waals surface area (Å²) in [7, 11) is 0.214. The normalized spacial score (nSPS) is 12.1. The first kappa shape index (κ1) is 21.0. The zero-order valence-electron chi connectivity index (χ0n) is 13.3. The Morgan fingerprint density at radius 2 is 1.12 bits per heavy atom. The van der Waals surface area contributed by atoms with E-state index < -0.39 is 40.6 Å². The van der Waals surface area contributed by atoms with Crippen LogP contribution in [0.25, 0.3) is 0 Å². The summed E-state index contributed by atoms with van der Waals surface area (Å²) in [6.07, 6.45) is 3.47. The maximum Gasteiger partial charge on any atom is 0.267 e. The molecule has 9 heteroatoms. The molecule has 1 aromatic carbocycles. The van der Waals surface area contributed by atoms with Gasteiger partial charge in [0, 0.05) is 12.0 Å². The summed E-state index contributed by atoms with van der Waals surface area (Å²) in [4.78, 5) is 0. The van der Waals surface area contributed by atoms with Crippen LogP contribution in [-0.2, 0) is 10.8 Å². The SMILES string of the molecule is OC(O)(CCCCCCCCc1c(F)c(F)c(F)c(F)c1F)O[SiH3]. The van der Waals surface area contributed by atoms with E-state index in [1.54, 1.807) is 0 Å². The van der Waals surface area contributed by atoms with Crippen LogP contribution in [0.2, 0.25) is 0 Å². The van der Waals surface area contributed by atoms with E-state index in [0.717, 1.165) is 12.8 Å². The van der Waals surface area contributed by atoms with E-state index in [1.165, 1.54) is 0 Å². The van der Waals surface area contributed by atoms with Gasteiger partial charge in [-0.3, -0.25) is 0 Å². The van der Waals surface area contributed by atoms with Gasteiger partial charge in [0.05, 0.1) is 0 Å². The van der Waals surface area contributed by atoms with Crippen molar-refractivity contribution < 1.29 is 36.6 Å². The summed E-state index contributed by atoms with van der Waals surface area (Å²) < 4.78 is 70.4. The molecular formula is C15H21F5O3Si. The lowest BCUT2D eigenvalue weighted by Crippen LogP contribution is -2.30. The summed E-state index contributed by atoms with van der Waals surface area (Å²) in [5, 5.41) is 18.4. The minimum Gasteiger partial charge on any atom is -0.381 e. The standard InChI is InChI=1S/C15H21F5O3Si/c16-10-9(11(17)13(19)14(20)12(10)18)7-5-3-1-2-4-6-8-15(21,22)23-24/h21-22H,1-8H2,24H3. The first-order valence-corrected chi connectivity index (χ1v) is 8.53. The summed E-state index contributed by atoms with van der Waals surface area (Å²) >= 11 is 0. The molecule has 0 saturated heterocycles. The molecule has 0 aliphatic rings. The predicted octanol–water partition coefficient (Wildman–Crippen LogP) is 2.59. The monoisotopic (exact) mass is 372 g/mol. The van der Waals surface area contributed by atoms with Crippen LogP contribution in [-0.4, -0.2) is 26.7 Å². The van der Waals surface area contributed by atoms with Crippen molar-refractivity contribution in [2.75, 3.05) is 0 Å². The number of hydrogen-bond acceptors (Lipinski definition) is 3. The largest absolute Gasteiger partial charge is 0.381 e. The Kier molecular flexibility index (Phi) is 8.27. The number of aliphatic hydroxyl groups is 2. The molecule has 2 N–H and O–H groups in total. The van der Waals surface area contributed by atoms with Crippen LogP contribution >= 0.6 is 0 Å². The van der Waals surface area contributed by atoms with Gasteiger partial charge in [0.1, 0.15) is 0 Å². The Labute approximate surface area is 140 Å². The van der Waals surface area contributed by atoms with Crippen molar-refractivity contribution in [3.63, 3.8) is 0 Å². The van der Waals surface area contributed by atoms with E-state index in [4.69, 9.17) is 0 Å². The van der Waals surface area contributed by atoms with Gasteiger partial charge in [-0.05, 0) is 19.3 Å². The van der Waals surface area contributed by atoms with E-state index in [1.807, 2.05) is 0 Å². The Hall–Kier alpha value is -1.03. The fraction of sp³-hybridized carbons (Fsp3) is 0.600. The molecule has 3 nitrogen and oxygen atoms in total. The molecule has 0 heterocycles. The molecule has 0 amide bonds. The molecule has 0 spiro atoms. The van der Waals surface area contributed by atoms with E-state index in [2.05, 4.69) is 4.43 Å². The van der Waals surface area contributed by atoms with Crippen LogP contribution in [0.3, 0.4) is 0 Å². The Morgan fingerprint density at radius 3 is 1.62 bits per heavy atom. The Balaban J connectivity index is 2.32. The van der Waals surface area contributed by atoms with E-state index in [-0.39, 0.29) is 23.3 Å². The molecule has 1 rings (SSSR count). The van der Waals surface area contributed by atoms with Gasteiger partial charge in [-0.2, -0.15) is 0 Å². The van der Waals surface area contributed by atoms with Gasteiger partial charge in [0.15, 0.2) is 33.8 Å². The molecule has 0 aromatic heterocycles. The molecule has 0 radical (unpaired) electrons. The number of benzene rings is 1. The van der Waals surface area contributed by atoms with Gasteiger partial charge in [-0.15, -0.1) is 0 Å². The van der Waals surface area contributed by atoms with Crippen LogP contribution in [0.4, 0.5) is 22.0 Å². The average molecular weight is 372 g/mol. The first-order chi connectivity index (χ1) is 11.2. The van der Waals surface area contributed by atoms with Gasteiger partial charge in [-0.1, -0.05) is 25.7 Å². The van der Waals surface area contributed by atoms with Crippen LogP contribution in [0.5, 0.6) is 0 Å². The molecule has 0 atom stereocenters. The van der Waals surface area contributed by atoms with Crippen molar-refractivity contribution in [2.24, 2.45) is 0 Å². The molecule has 0 aliphatic carbocycles. The summed E-state index contributed by atoms with van der Waals surface area (Å²) in [6, 6.07) is 0. The number of hydrogen-bond donors (Lipinski definition) is 2. The quantitative estimate of drug-likeness (QED) is 0.166. The lowest BCUT2D eigenvalue weighted by Gasteiger charge is -2.19. The fourth-order valence-electron chi connectivity index (χ4n) is 2.34. The molecule has 138 valence electrons. The topological polar surface area (TPSA) is 49.7 Å². The fourth-order valence-corrected chi connectivity index (χ4v) is 2.54. The van der Waals surface area contributed by atoms with Crippen molar-refractivity contribution in [3.05, 3.63) is 34.6 Å². The lowest BCUT2D eigenvalue weighted by atomic mass is 10.0. The third kappa shape index (κ3) is 5.80. The second-order valence-corrected chi connectivity index (χ2v) is 6.03. The minimum absolute atomic E-state index is 0.0983. The number of halogens is 5. The highest BCUT2D eigenvalue weighted by Crippen LogP contribution is 2.24. The molecule has 1 aromatic rings. The minimum atomic E-state index is -2.14. The van der Waals surface area contributed by atoms with Crippen molar-refractivity contribution in [3.8, 4) is 0 Å². The highest BCUT2D eigenvalue weighted by Gasteiger charge is 2.25. The molecule has 0 aliphatic heterocycles. The zero-order chi connectivity index (χ0) is 18.3. The van der Waals surface area contributed by atoms with Crippen molar-refractivity contribution in [1.82, 2.24) is 0 Å². The highest BCUT2D eigenvalue weighted by atomic mass is 28.2. The summed E-state index contributed by atoms with van der Waals surface area (Å²) in [6.45, 7) is 0. The summed E-state index contributed by atoms with van der Waals surface area (Å²) in [5.41, 5.74) is -0.777.